The van der Waals surface area contributed by atoms with E-state index in [4.69, 9.17) is 4.74 Å². The van der Waals surface area contributed by atoms with E-state index >= 15 is 0 Å². The van der Waals surface area contributed by atoms with E-state index in [-0.39, 0.29) is 18.4 Å². The van der Waals surface area contributed by atoms with Gasteiger partial charge in [0, 0.05) is 11.8 Å². The topological polar surface area (TPSA) is 79.0 Å². The highest BCUT2D eigenvalue weighted by atomic mass is 16.5. The van der Waals surface area contributed by atoms with Gasteiger partial charge in [-0.15, -0.1) is 0 Å². The van der Waals surface area contributed by atoms with Crippen LogP contribution in [0.25, 0.3) is 0 Å². The van der Waals surface area contributed by atoms with Crippen molar-refractivity contribution in [3.8, 4) is 0 Å². The molecule has 35 heavy (non-hydrogen) atoms. The average molecular weight is 468 g/mol. The van der Waals surface area contributed by atoms with Gasteiger partial charge >= 0.3 is 5.97 Å². The summed E-state index contributed by atoms with van der Waals surface area (Å²) in [6.07, 6.45) is 1.54. The summed E-state index contributed by atoms with van der Waals surface area (Å²) in [4.78, 5) is 39.7. The zero-order valence-electron chi connectivity index (χ0n) is 19.2. The number of ether oxygens (including phenoxy) is 1. The number of hydrogen-bond donors (Lipinski definition) is 1. The third kappa shape index (κ3) is 4.11. The maximum absolute atomic E-state index is 13.7. The molecule has 0 radical (unpaired) electrons. The number of carbonyl (C=O) groups excluding carboxylic acids is 3. The molecule has 2 aliphatic heterocycles. The lowest BCUT2D eigenvalue weighted by molar-refractivity contribution is -0.140. The number of amides is 2. The molecule has 0 saturated carbocycles. The fourth-order valence-corrected chi connectivity index (χ4v) is 4.73. The van der Waals surface area contributed by atoms with E-state index in [0.29, 0.717) is 11.1 Å². The van der Waals surface area contributed by atoms with Crippen molar-refractivity contribution in [3.05, 3.63) is 119 Å². The third-order valence-corrected chi connectivity index (χ3v) is 6.25. The molecular weight excluding hydrogens is 442 g/mol. The SMILES string of the molecule is CCOC(=O)C1=CN2C(=O)[C@H](NC(=O)c3ccccc3)[C@H](c3ccccc3)N2[C@@H]1c1ccccc1. The van der Waals surface area contributed by atoms with E-state index < -0.39 is 24.1 Å². The van der Waals surface area contributed by atoms with Gasteiger partial charge in [-0.3, -0.25) is 9.59 Å². The minimum absolute atomic E-state index is 0.226. The third-order valence-electron chi connectivity index (χ3n) is 6.25. The molecule has 3 aromatic rings. The highest BCUT2D eigenvalue weighted by Crippen LogP contribution is 2.47. The first kappa shape index (κ1) is 22.6. The van der Waals surface area contributed by atoms with Crippen molar-refractivity contribution >= 4 is 17.8 Å². The highest BCUT2D eigenvalue weighted by Gasteiger charge is 2.55. The van der Waals surface area contributed by atoms with Crippen LogP contribution < -0.4 is 5.32 Å². The number of rotatable bonds is 6. The van der Waals surface area contributed by atoms with E-state index in [1.54, 1.807) is 37.4 Å². The number of carbonyl (C=O) groups is 3. The maximum Gasteiger partial charge on any atom is 0.337 e. The molecule has 1 fully saturated rings. The van der Waals surface area contributed by atoms with Gasteiger partial charge in [-0.05, 0) is 30.2 Å². The summed E-state index contributed by atoms with van der Waals surface area (Å²) < 4.78 is 5.33. The summed E-state index contributed by atoms with van der Waals surface area (Å²) >= 11 is 0. The van der Waals surface area contributed by atoms with Crippen LogP contribution in [-0.4, -0.2) is 40.5 Å². The summed E-state index contributed by atoms with van der Waals surface area (Å²) in [5, 5.41) is 6.27. The summed E-state index contributed by atoms with van der Waals surface area (Å²) in [5.74, 6) is -1.12. The minimum Gasteiger partial charge on any atom is -0.463 e. The Kier molecular flexibility index (Phi) is 6.16. The van der Waals surface area contributed by atoms with Gasteiger partial charge in [0.25, 0.3) is 11.8 Å². The van der Waals surface area contributed by atoms with E-state index in [2.05, 4.69) is 5.32 Å². The highest BCUT2D eigenvalue weighted by molar-refractivity contribution is 5.99. The number of nitrogens with zero attached hydrogens (tertiary/aromatic N) is 2. The predicted octanol–water partition coefficient (Wildman–Crippen LogP) is 3.79. The molecule has 0 spiro atoms. The molecule has 7 heteroatoms. The lowest BCUT2D eigenvalue weighted by Gasteiger charge is -2.33. The molecule has 3 atom stereocenters. The second kappa shape index (κ2) is 9.56. The van der Waals surface area contributed by atoms with Crippen LogP contribution >= 0.6 is 0 Å². The summed E-state index contributed by atoms with van der Waals surface area (Å²) in [7, 11) is 0. The molecule has 0 unspecified atom stereocenters. The number of hydrogen-bond acceptors (Lipinski definition) is 5. The van der Waals surface area contributed by atoms with Gasteiger partial charge in [0.05, 0.1) is 24.3 Å². The zero-order chi connectivity index (χ0) is 24.4. The van der Waals surface area contributed by atoms with Gasteiger partial charge in [0.2, 0.25) is 0 Å². The second-order valence-electron chi connectivity index (χ2n) is 8.35. The first-order chi connectivity index (χ1) is 17.1. The van der Waals surface area contributed by atoms with E-state index in [9.17, 15) is 14.4 Å². The molecule has 1 N–H and O–H groups in total. The molecule has 7 nitrogen and oxygen atoms in total. The van der Waals surface area contributed by atoms with Gasteiger partial charge in [-0.25, -0.2) is 9.80 Å². The van der Waals surface area contributed by atoms with Gasteiger partial charge in [-0.1, -0.05) is 78.9 Å². The van der Waals surface area contributed by atoms with Gasteiger partial charge in [0.15, 0.2) is 0 Å². The van der Waals surface area contributed by atoms with Crippen LogP contribution in [0.5, 0.6) is 0 Å². The normalized spacial score (nSPS) is 21.4. The summed E-state index contributed by atoms with van der Waals surface area (Å²) in [5.41, 5.74) is 2.54. The molecule has 0 bridgehead atoms. The largest absolute Gasteiger partial charge is 0.463 e. The van der Waals surface area contributed by atoms with Crippen molar-refractivity contribution in [1.29, 1.82) is 0 Å². The van der Waals surface area contributed by atoms with E-state index in [1.165, 1.54) is 5.01 Å². The number of fused-ring (bicyclic) bond motifs is 1. The fraction of sp³-hybridized carbons (Fsp3) is 0.179. The summed E-state index contributed by atoms with van der Waals surface area (Å²) in [6.45, 7) is 1.98. The Hall–Kier alpha value is -4.23. The number of hydrazine groups is 1. The van der Waals surface area contributed by atoms with Crippen LogP contribution in [-0.2, 0) is 14.3 Å². The van der Waals surface area contributed by atoms with Crippen LogP contribution in [0.15, 0.2) is 103 Å². The van der Waals surface area contributed by atoms with Crippen LogP contribution in [0.1, 0.15) is 40.5 Å². The van der Waals surface area contributed by atoms with Crippen molar-refractivity contribution in [2.75, 3.05) is 6.61 Å². The van der Waals surface area contributed by atoms with Crippen LogP contribution in [0.3, 0.4) is 0 Å². The van der Waals surface area contributed by atoms with Gasteiger partial charge < -0.3 is 10.1 Å². The smallest absolute Gasteiger partial charge is 0.337 e. The van der Waals surface area contributed by atoms with Gasteiger partial charge in [0.1, 0.15) is 6.04 Å². The van der Waals surface area contributed by atoms with Crippen molar-refractivity contribution in [3.63, 3.8) is 0 Å². The number of esters is 1. The van der Waals surface area contributed by atoms with Crippen LogP contribution in [0, 0.1) is 0 Å². The Morgan fingerprint density at radius 1 is 0.857 bits per heavy atom. The molecular formula is C28H25N3O4. The molecule has 5 rings (SSSR count). The molecule has 2 heterocycles. The first-order valence-corrected chi connectivity index (χ1v) is 11.6. The zero-order valence-corrected chi connectivity index (χ0v) is 19.2. The standard InChI is InChI=1S/C28H25N3O4/c1-2-35-28(34)22-18-30-27(33)23(29-26(32)21-16-10-5-11-17-21)25(20-14-8-4-9-15-20)31(30)24(22)19-12-6-3-7-13-19/h3-18,23-25H,2H2,1H3,(H,29,32)/t23-,24-,25+/m1/s1. The van der Waals surface area contributed by atoms with Crippen molar-refractivity contribution < 1.29 is 19.1 Å². The van der Waals surface area contributed by atoms with Gasteiger partial charge in [-0.2, -0.15) is 5.01 Å². The monoisotopic (exact) mass is 467 g/mol. The minimum atomic E-state index is -0.851. The van der Waals surface area contributed by atoms with E-state index in [0.717, 1.165) is 11.1 Å². The quantitative estimate of drug-likeness (QED) is 0.558. The first-order valence-electron chi connectivity index (χ1n) is 11.6. The molecule has 176 valence electrons. The van der Waals surface area contributed by atoms with Crippen molar-refractivity contribution in [2.45, 2.75) is 25.0 Å². The number of benzene rings is 3. The molecule has 2 aliphatic rings. The lowest BCUT2D eigenvalue weighted by Crippen LogP contribution is -2.43. The molecule has 0 aromatic heterocycles. The fourth-order valence-electron chi connectivity index (χ4n) is 4.73. The lowest BCUT2D eigenvalue weighted by atomic mass is 9.93. The van der Waals surface area contributed by atoms with Crippen molar-refractivity contribution in [2.24, 2.45) is 0 Å². The van der Waals surface area contributed by atoms with Crippen molar-refractivity contribution in [1.82, 2.24) is 15.3 Å². The molecule has 1 saturated heterocycles. The second-order valence-corrected chi connectivity index (χ2v) is 8.35. The van der Waals surface area contributed by atoms with Crippen LogP contribution in [0.4, 0.5) is 0 Å². The Labute approximate surface area is 203 Å². The Bertz CT molecular complexity index is 1260. The summed E-state index contributed by atoms with van der Waals surface area (Å²) in [6, 6.07) is 25.9. The predicted molar refractivity (Wildman–Crippen MR) is 129 cm³/mol. The molecule has 3 aromatic carbocycles. The molecule has 2 amide bonds. The maximum atomic E-state index is 13.7. The average Bonchev–Trinajstić information content (AvgIpc) is 3.41. The Morgan fingerprint density at radius 2 is 1.43 bits per heavy atom. The van der Waals surface area contributed by atoms with E-state index in [1.807, 2.05) is 71.7 Å². The number of nitrogens with one attached hydrogen (secondary N) is 1. The van der Waals surface area contributed by atoms with Crippen LogP contribution in [0.2, 0.25) is 0 Å². The Balaban J connectivity index is 1.59. The molecule has 0 aliphatic carbocycles. The Morgan fingerprint density at radius 3 is 2.03 bits per heavy atom.